The largest absolute Gasteiger partial charge is 0.363 e. The minimum atomic E-state index is 0.181. The van der Waals surface area contributed by atoms with E-state index in [1.165, 1.54) is 5.56 Å². The van der Waals surface area contributed by atoms with Crippen molar-refractivity contribution in [3.63, 3.8) is 0 Å². The van der Waals surface area contributed by atoms with Gasteiger partial charge in [-0.2, -0.15) is 0 Å². The smallest absolute Gasteiger partial charge is 0.131 e. The van der Waals surface area contributed by atoms with Gasteiger partial charge in [0.25, 0.3) is 0 Å². The summed E-state index contributed by atoms with van der Waals surface area (Å²) in [6.07, 6.45) is 2.86. The molecule has 1 heterocycles. The van der Waals surface area contributed by atoms with Crippen molar-refractivity contribution >= 4 is 5.82 Å². The SMILES string of the molecule is CN(C)c1ncccc1CCNC(C)(C)C. The first kappa shape index (κ1) is 13.0. The standard InChI is InChI=1S/C13H23N3/c1-13(2,3)15-10-8-11-7-6-9-14-12(11)16(4)5/h6-7,9,15H,8,10H2,1-5H3. The molecule has 0 saturated carbocycles. The van der Waals surface area contributed by atoms with Crippen molar-refractivity contribution in [2.45, 2.75) is 32.7 Å². The fourth-order valence-electron chi connectivity index (χ4n) is 1.60. The van der Waals surface area contributed by atoms with E-state index in [4.69, 9.17) is 0 Å². The Hall–Kier alpha value is -1.09. The predicted octanol–water partition coefficient (Wildman–Crippen LogP) is 2.08. The molecule has 0 aliphatic rings. The highest BCUT2D eigenvalue weighted by Gasteiger charge is 2.09. The normalized spacial score (nSPS) is 11.6. The topological polar surface area (TPSA) is 28.2 Å². The van der Waals surface area contributed by atoms with Crippen LogP contribution in [0.3, 0.4) is 0 Å². The van der Waals surface area contributed by atoms with E-state index >= 15 is 0 Å². The quantitative estimate of drug-likeness (QED) is 0.843. The lowest BCUT2D eigenvalue weighted by atomic mass is 10.1. The van der Waals surface area contributed by atoms with E-state index < -0.39 is 0 Å². The number of aromatic nitrogens is 1. The molecule has 0 aromatic carbocycles. The molecule has 0 radical (unpaired) electrons. The zero-order chi connectivity index (χ0) is 12.2. The Labute approximate surface area is 98.9 Å². The lowest BCUT2D eigenvalue weighted by Crippen LogP contribution is -2.37. The van der Waals surface area contributed by atoms with Gasteiger partial charge in [0.1, 0.15) is 5.82 Å². The predicted molar refractivity (Wildman–Crippen MR) is 70.0 cm³/mol. The van der Waals surface area contributed by atoms with E-state index in [1.54, 1.807) is 0 Å². The van der Waals surface area contributed by atoms with Gasteiger partial charge in [0.05, 0.1) is 0 Å². The molecule has 1 aromatic rings. The molecule has 0 unspecified atom stereocenters. The molecule has 1 aromatic heterocycles. The summed E-state index contributed by atoms with van der Waals surface area (Å²) < 4.78 is 0. The van der Waals surface area contributed by atoms with E-state index in [0.717, 1.165) is 18.8 Å². The van der Waals surface area contributed by atoms with Crippen LogP contribution < -0.4 is 10.2 Å². The Morgan fingerprint density at radius 1 is 1.31 bits per heavy atom. The van der Waals surface area contributed by atoms with Crippen molar-refractivity contribution in [2.75, 3.05) is 25.5 Å². The molecule has 0 atom stereocenters. The van der Waals surface area contributed by atoms with Crippen LogP contribution >= 0.6 is 0 Å². The second-order valence-corrected chi connectivity index (χ2v) is 5.31. The molecule has 3 nitrogen and oxygen atoms in total. The number of hydrogen-bond donors (Lipinski definition) is 1. The highest BCUT2D eigenvalue weighted by Crippen LogP contribution is 2.14. The highest BCUT2D eigenvalue weighted by molar-refractivity contribution is 5.45. The summed E-state index contributed by atoms with van der Waals surface area (Å²) in [4.78, 5) is 6.45. The second kappa shape index (κ2) is 5.30. The number of hydrogen-bond acceptors (Lipinski definition) is 3. The van der Waals surface area contributed by atoms with E-state index in [2.05, 4.69) is 42.0 Å². The van der Waals surface area contributed by atoms with Crippen molar-refractivity contribution in [2.24, 2.45) is 0 Å². The van der Waals surface area contributed by atoms with Crippen LogP contribution in [0, 0.1) is 0 Å². The number of nitrogens with one attached hydrogen (secondary N) is 1. The van der Waals surface area contributed by atoms with Crippen molar-refractivity contribution < 1.29 is 0 Å². The van der Waals surface area contributed by atoms with Crippen LogP contribution in [0.15, 0.2) is 18.3 Å². The molecule has 1 rings (SSSR count). The summed E-state index contributed by atoms with van der Waals surface area (Å²) >= 11 is 0. The van der Waals surface area contributed by atoms with Gasteiger partial charge in [-0.15, -0.1) is 0 Å². The molecular formula is C13H23N3. The molecular weight excluding hydrogens is 198 g/mol. The van der Waals surface area contributed by atoms with Gasteiger partial charge in [-0.3, -0.25) is 0 Å². The van der Waals surface area contributed by atoms with E-state index in [9.17, 15) is 0 Å². The van der Waals surface area contributed by atoms with Crippen molar-refractivity contribution in [1.29, 1.82) is 0 Å². The van der Waals surface area contributed by atoms with Gasteiger partial charge >= 0.3 is 0 Å². The molecule has 1 N–H and O–H groups in total. The van der Waals surface area contributed by atoms with Gasteiger partial charge in [0.2, 0.25) is 0 Å². The Kier molecular flexibility index (Phi) is 4.30. The molecule has 0 aliphatic heterocycles. The van der Waals surface area contributed by atoms with Crippen LogP contribution in [-0.2, 0) is 6.42 Å². The zero-order valence-corrected chi connectivity index (χ0v) is 11.0. The van der Waals surface area contributed by atoms with Gasteiger partial charge in [-0.1, -0.05) is 6.07 Å². The van der Waals surface area contributed by atoms with Gasteiger partial charge in [0, 0.05) is 25.8 Å². The van der Waals surface area contributed by atoms with Crippen LogP contribution in [0.25, 0.3) is 0 Å². The van der Waals surface area contributed by atoms with Gasteiger partial charge in [-0.25, -0.2) is 4.98 Å². The monoisotopic (exact) mass is 221 g/mol. The minimum Gasteiger partial charge on any atom is -0.363 e. The summed E-state index contributed by atoms with van der Waals surface area (Å²) in [5.41, 5.74) is 1.48. The first-order valence-electron chi connectivity index (χ1n) is 5.76. The van der Waals surface area contributed by atoms with Crippen LogP contribution in [0.5, 0.6) is 0 Å². The molecule has 0 aliphatic carbocycles. The summed E-state index contributed by atoms with van der Waals surface area (Å²) in [7, 11) is 4.06. The lowest BCUT2D eigenvalue weighted by molar-refractivity contribution is 0.429. The first-order chi connectivity index (χ1) is 7.40. The third kappa shape index (κ3) is 4.19. The van der Waals surface area contributed by atoms with Crippen LogP contribution in [-0.4, -0.2) is 31.2 Å². The molecule has 16 heavy (non-hydrogen) atoms. The minimum absolute atomic E-state index is 0.181. The Morgan fingerprint density at radius 3 is 2.56 bits per heavy atom. The molecule has 0 fully saturated rings. The number of anilines is 1. The first-order valence-corrected chi connectivity index (χ1v) is 5.76. The van der Waals surface area contributed by atoms with Crippen molar-refractivity contribution in [3.8, 4) is 0 Å². The summed E-state index contributed by atoms with van der Waals surface area (Å²) in [6.45, 7) is 7.53. The fourth-order valence-corrected chi connectivity index (χ4v) is 1.60. The fraction of sp³-hybridized carbons (Fsp3) is 0.615. The van der Waals surface area contributed by atoms with Gasteiger partial charge < -0.3 is 10.2 Å². The van der Waals surface area contributed by atoms with Crippen LogP contribution in [0.2, 0.25) is 0 Å². The lowest BCUT2D eigenvalue weighted by Gasteiger charge is -2.21. The molecule has 3 heteroatoms. The third-order valence-electron chi connectivity index (χ3n) is 2.34. The molecule has 0 amide bonds. The number of pyridine rings is 1. The molecule has 0 saturated heterocycles. The summed E-state index contributed by atoms with van der Waals surface area (Å²) in [5.74, 6) is 1.07. The van der Waals surface area contributed by atoms with Crippen molar-refractivity contribution in [1.82, 2.24) is 10.3 Å². The molecule has 0 spiro atoms. The van der Waals surface area contributed by atoms with E-state index in [0.29, 0.717) is 0 Å². The Balaban J connectivity index is 2.60. The Morgan fingerprint density at radius 2 is 2.00 bits per heavy atom. The zero-order valence-electron chi connectivity index (χ0n) is 11.0. The van der Waals surface area contributed by atoms with Crippen LogP contribution in [0.4, 0.5) is 5.82 Å². The van der Waals surface area contributed by atoms with Crippen LogP contribution in [0.1, 0.15) is 26.3 Å². The van der Waals surface area contributed by atoms with E-state index in [-0.39, 0.29) is 5.54 Å². The highest BCUT2D eigenvalue weighted by atomic mass is 15.1. The third-order valence-corrected chi connectivity index (χ3v) is 2.34. The maximum atomic E-state index is 4.39. The van der Waals surface area contributed by atoms with E-state index in [1.807, 2.05) is 26.4 Å². The maximum Gasteiger partial charge on any atom is 0.131 e. The molecule has 90 valence electrons. The second-order valence-electron chi connectivity index (χ2n) is 5.31. The average molecular weight is 221 g/mol. The Bertz CT molecular complexity index is 326. The van der Waals surface area contributed by atoms with Gasteiger partial charge in [-0.05, 0) is 45.4 Å². The van der Waals surface area contributed by atoms with Gasteiger partial charge in [0.15, 0.2) is 0 Å². The number of nitrogens with zero attached hydrogens (tertiary/aromatic N) is 2. The summed E-state index contributed by atoms with van der Waals surface area (Å²) in [5, 5.41) is 3.49. The average Bonchev–Trinajstić information content (AvgIpc) is 2.16. The number of rotatable bonds is 4. The van der Waals surface area contributed by atoms with Crippen molar-refractivity contribution in [3.05, 3.63) is 23.9 Å². The molecule has 0 bridgehead atoms. The summed E-state index contributed by atoms with van der Waals surface area (Å²) in [6, 6.07) is 4.14. The maximum absolute atomic E-state index is 4.39.